The van der Waals surface area contributed by atoms with E-state index in [1.807, 2.05) is 12.1 Å². The van der Waals surface area contributed by atoms with Crippen molar-refractivity contribution in [3.8, 4) is 55.6 Å². The van der Waals surface area contributed by atoms with Gasteiger partial charge in [-0.2, -0.15) is 0 Å². The lowest BCUT2D eigenvalue weighted by atomic mass is 9.67. The summed E-state index contributed by atoms with van der Waals surface area (Å²) in [6.07, 6.45) is 0. The number of furan rings is 1. The molecule has 14 rings (SSSR count). The third-order valence-corrected chi connectivity index (χ3v) is 15.2. The van der Waals surface area contributed by atoms with E-state index in [1.54, 1.807) is 0 Å². The topological polar surface area (TPSA) is 16.4 Å². The van der Waals surface area contributed by atoms with Crippen LogP contribution in [0.1, 0.15) is 22.3 Å². The molecule has 0 N–H and O–H groups in total. The van der Waals surface area contributed by atoms with Crippen LogP contribution in [0.4, 0.5) is 17.1 Å². The van der Waals surface area contributed by atoms with E-state index in [2.05, 4.69) is 278 Å². The second-order valence-electron chi connectivity index (χ2n) is 19.2. The van der Waals surface area contributed by atoms with E-state index < -0.39 is 5.41 Å². The van der Waals surface area contributed by atoms with Crippen LogP contribution in [0, 0.1) is 0 Å². The summed E-state index contributed by atoms with van der Waals surface area (Å²) in [5.41, 5.74) is 21.2. The molecule has 1 heterocycles. The van der Waals surface area contributed by atoms with Gasteiger partial charge in [0.25, 0.3) is 0 Å². The molecular formula is C71H47NO. The summed E-state index contributed by atoms with van der Waals surface area (Å²) < 4.78 is 6.23. The van der Waals surface area contributed by atoms with Gasteiger partial charge in [-0.3, -0.25) is 0 Å². The van der Waals surface area contributed by atoms with Gasteiger partial charge in [0.2, 0.25) is 0 Å². The minimum absolute atomic E-state index is 0.631. The van der Waals surface area contributed by atoms with Crippen LogP contribution in [-0.4, -0.2) is 0 Å². The van der Waals surface area contributed by atoms with Gasteiger partial charge in [0.1, 0.15) is 11.2 Å². The van der Waals surface area contributed by atoms with Crippen molar-refractivity contribution in [2.75, 3.05) is 4.90 Å². The second-order valence-corrected chi connectivity index (χ2v) is 19.2. The smallest absolute Gasteiger partial charge is 0.135 e. The van der Waals surface area contributed by atoms with Crippen LogP contribution in [0.25, 0.3) is 88.3 Å². The molecule has 1 aromatic heterocycles. The lowest BCUT2D eigenvalue weighted by Gasteiger charge is -2.35. The van der Waals surface area contributed by atoms with Crippen molar-refractivity contribution >= 4 is 49.8 Å². The highest BCUT2D eigenvalue weighted by atomic mass is 16.3. The molecular weight excluding hydrogens is 883 g/mol. The Bertz CT molecular complexity index is 4130. The molecule has 342 valence electrons. The zero-order chi connectivity index (χ0) is 48.3. The van der Waals surface area contributed by atoms with Crippen molar-refractivity contribution < 1.29 is 4.42 Å². The molecule has 0 radical (unpaired) electrons. The van der Waals surface area contributed by atoms with E-state index >= 15 is 0 Å². The fraction of sp³-hybridized carbons (Fsp3) is 0.0141. The maximum absolute atomic E-state index is 6.23. The Balaban J connectivity index is 0.967. The van der Waals surface area contributed by atoms with Crippen molar-refractivity contribution in [1.82, 2.24) is 0 Å². The van der Waals surface area contributed by atoms with Crippen LogP contribution in [0.15, 0.2) is 290 Å². The van der Waals surface area contributed by atoms with Gasteiger partial charge in [0.15, 0.2) is 0 Å². The summed E-state index contributed by atoms with van der Waals surface area (Å²) in [5.74, 6) is 0. The Hall–Kier alpha value is -9.50. The Labute approximate surface area is 425 Å². The minimum Gasteiger partial charge on any atom is -0.456 e. The number of hydrogen-bond donors (Lipinski definition) is 0. The first-order valence-electron chi connectivity index (χ1n) is 25.1. The van der Waals surface area contributed by atoms with Crippen LogP contribution in [0.3, 0.4) is 0 Å². The summed E-state index contributed by atoms with van der Waals surface area (Å²) in [5, 5.41) is 4.72. The van der Waals surface area contributed by atoms with Gasteiger partial charge in [0.05, 0.1) is 11.1 Å². The highest BCUT2D eigenvalue weighted by molar-refractivity contribution is 6.06. The molecule has 0 fully saturated rings. The predicted molar refractivity (Wildman–Crippen MR) is 305 cm³/mol. The van der Waals surface area contributed by atoms with E-state index in [0.717, 1.165) is 61.3 Å². The number of nitrogens with zero attached hydrogens (tertiary/aromatic N) is 1. The molecule has 0 amide bonds. The number of fused-ring (bicyclic) bond motifs is 7. The molecule has 1 aliphatic carbocycles. The zero-order valence-corrected chi connectivity index (χ0v) is 40.0. The van der Waals surface area contributed by atoms with Gasteiger partial charge in [-0.1, -0.05) is 224 Å². The first kappa shape index (κ1) is 42.4. The SMILES string of the molecule is c1ccc(-c2ccc(-c3ccccc3N(c3ccc(-c4ccc5oc6ccccc6c5c4)cc3)c3ccc4c(c3)C(c3ccccc3)(c3ccccc3)c3cc(-c5ccc6ccccc6c5)ccc3-4)cc2)cc1. The largest absolute Gasteiger partial charge is 0.456 e. The van der Waals surface area contributed by atoms with Crippen LogP contribution in [0.2, 0.25) is 0 Å². The molecule has 73 heavy (non-hydrogen) atoms. The molecule has 12 aromatic carbocycles. The third-order valence-electron chi connectivity index (χ3n) is 15.2. The van der Waals surface area contributed by atoms with Crippen LogP contribution < -0.4 is 4.90 Å². The van der Waals surface area contributed by atoms with E-state index in [9.17, 15) is 0 Å². The number of para-hydroxylation sites is 2. The highest BCUT2D eigenvalue weighted by Gasteiger charge is 2.46. The van der Waals surface area contributed by atoms with Gasteiger partial charge in [-0.25, -0.2) is 0 Å². The first-order valence-corrected chi connectivity index (χ1v) is 25.1. The van der Waals surface area contributed by atoms with Crippen LogP contribution in [0.5, 0.6) is 0 Å². The normalized spacial score (nSPS) is 12.5. The minimum atomic E-state index is -0.631. The molecule has 0 saturated heterocycles. The fourth-order valence-corrected chi connectivity index (χ4v) is 11.7. The van der Waals surface area contributed by atoms with Crippen molar-refractivity contribution in [3.05, 3.63) is 307 Å². The van der Waals surface area contributed by atoms with Gasteiger partial charge < -0.3 is 9.32 Å². The lowest BCUT2D eigenvalue weighted by Crippen LogP contribution is -2.28. The zero-order valence-electron chi connectivity index (χ0n) is 40.0. The predicted octanol–water partition coefficient (Wildman–Crippen LogP) is 19.2. The maximum Gasteiger partial charge on any atom is 0.135 e. The van der Waals surface area contributed by atoms with E-state index in [0.29, 0.717) is 0 Å². The summed E-state index contributed by atoms with van der Waals surface area (Å²) in [7, 11) is 0. The van der Waals surface area contributed by atoms with Crippen molar-refractivity contribution in [2.24, 2.45) is 0 Å². The van der Waals surface area contributed by atoms with Gasteiger partial charge in [-0.15, -0.1) is 0 Å². The maximum atomic E-state index is 6.23. The molecule has 0 atom stereocenters. The average Bonchev–Trinajstić information content (AvgIpc) is 3.99. The Morgan fingerprint density at radius 2 is 0.767 bits per heavy atom. The van der Waals surface area contributed by atoms with Gasteiger partial charge in [0, 0.05) is 27.7 Å². The number of hydrogen-bond acceptors (Lipinski definition) is 2. The second kappa shape index (κ2) is 17.4. The summed E-state index contributed by atoms with van der Waals surface area (Å²) >= 11 is 0. The quantitative estimate of drug-likeness (QED) is 0.143. The monoisotopic (exact) mass is 929 g/mol. The molecule has 2 heteroatoms. The third kappa shape index (κ3) is 7.10. The highest BCUT2D eigenvalue weighted by Crippen LogP contribution is 2.58. The van der Waals surface area contributed by atoms with E-state index in [1.165, 1.54) is 66.4 Å². The van der Waals surface area contributed by atoms with Crippen LogP contribution >= 0.6 is 0 Å². The molecule has 0 unspecified atom stereocenters. The molecule has 13 aromatic rings. The summed E-state index contributed by atoms with van der Waals surface area (Å²) in [6, 6.07) is 104. The molecule has 0 bridgehead atoms. The van der Waals surface area contributed by atoms with Crippen molar-refractivity contribution in [2.45, 2.75) is 5.41 Å². The van der Waals surface area contributed by atoms with Crippen molar-refractivity contribution in [1.29, 1.82) is 0 Å². The molecule has 0 aliphatic heterocycles. The van der Waals surface area contributed by atoms with Gasteiger partial charge >= 0.3 is 0 Å². The van der Waals surface area contributed by atoms with Gasteiger partial charge in [-0.05, 0) is 144 Å². The Morgan fingerprint density at radius 1 is 0.274 bits per heavy atom. The molecule has 0 spiro atoms. The number of benzene rings is 12. The lowest BCUT2D eigenvalue weighted by molar-refractivity contribution is 0.669. The molecule has 2 nitrogen and oxygen atoms in total. The van der Waals surface area contributed by atoms with E-state index in [-0.39, 0.29) is 0 Å². The molecule has 1 aliphatic rings. The number of anilines is 3. The first-order chi connectivity index (χ1) is 36.2. The summed E-state index contributed by atoms with van der Waals surface area (Å²) in [4.78, 5) is 2.46. The number of rotatable bonds is 9. The Morgan fingerprint density at radius 3 is 1.53 bits per heavy atom. The van der Waals surface area contributed by atoms with Crippen molar-refractivity contribution in [3.63, 3.8) is 0 Å². The fourth-order valence-electron chi connectivity index (χ4n) is 11.7. The Kier molecular flexibility index (Phi) is 10.1. The van der Waals surface area contributed by atoms with Crippen LogP contribution in [-0.2, 0) is 5.41 Å². The van der Waals surface area contributed by atoms with E-state index in [4.69, 9.17) is 4.42 Å². The average molecular weight is 930 g/mol. The standard InChI is InChI=1S/C71H47NO/c1-4-16-48(17-5-1)50-28-31-52(32-29-50)61-24-12-14-26-68(61)72(59-38-34-51(35-39-59)55-37-43-70-65(45-55)64-25-13-15-27-69(64)73-70)60-40-42-63-62-41-36-56(54-33-30-49-18-10-11-19-53(49)44-54)46-66(62)71(67(63)47-60,57-20-6-2-7-21-57)58-22-8-3-9-23-58/h1-47H. The molecule has 0 saturated carbocycles. The summed E-state index contributed by atoms with van der Waals surface area (Å²) in [6.45, 7) is 0.